The van der Waals surface area contributed by atoms with E-state index >= 15 is 0 Å². The predicted octanol–water partition coefficient (Wildman–Crippen LogP) is 4.23. The molecule has 0 atom stereocenters. The molecule has 0 N–H and O–H groups in total. The minimum Gasteiger partial charge on any atom is -0.493 e. The number of alkyl halides is 1. The Morgan fingerprint density at radius 1 is 1.13 bits per heavy atom. The second kappa shape index (κ2) is 7.39. The van der Waals surface area contributed by atoms with Crippen LogP contribution in [0, 0.1) is 0 Å². The summed E-state index contributed by atoms with van der Waals surface area (Å²) < 4.78 is 16.8. The van der Waals surface area contributed by atoms with Gasteiger partial charge in [0, 0.05) is 22.3 Å². The summed E-state index contributed by atoms with van der Waals surface area (Å²) in [6, 6.07) is 3.73. The molecule has 0 fully saturated rings. The van der Waals surface area contributed by atoms with E-state index < -0.39 is 0 Å². The summed E-state index contributed by atoms with van der Waals surface area (Å²) in [7, 11) is 1.60. The summed E-state index contributed by atoms with van der Waals surface area (Å²) in [5, 5.41) is 2.01. The highest BCUT2D eigenvalue weighted by Crippen LogP contribution is 2.36. The van der Waals surface area contributed by atoms with E-state index in [1.807, 2.05) is 6.07 Å². The number of ether oxygens (including phenoxy) is 2. The number of benzene rings is 1. The number of unbranched alkanes of at least 4 members (excludes halogenated alkanes) is 2. The van der Waals surface area contributed by atoms with Gasteiger partial charge < -0.3 is 13.9 Å². The Morgan fingerprint density at radius 2 is 1.96 bits per heavy atom. The molecule has 0 spiro atoms. The molecule has 0 unspecified atom stereocenters. The SMILES string of the molecule is COc1cc2oc(=O)c3c(c2cc1OCCCCCBr)CCC3. The van der Waals surface area contributed by atoms with Crippen molar-refractivity contribution in [3.8, 4) is 11.5 Å². The number of fused-ring (bicyclic) bond motifs is 3. The first-order valence-corrected chi connectivity index (χ1v) is 9.22. The van der Waals surface area contributed by atoms with Crippen LogP contribution in [-0.2, 0) is 12.8 Å². The molecule has 124 valence electrons. The maximum Gasteiger partial charge on any atom is 0.339 e. The molecule has 1 aliphatic carbocycles. The molecule has 0 aliphatic heterocycles. The van der Waals surface area contributed by atoms with Crippen LogP contribution in [0.2, 0.25) is 0 Å². The molecule has 1 aromatic heterocycles. The molecule has 1 heterocycles. The minimum absolute atomic E-state index is 0.213. The molecule has 1 aliphatic rings. The Morgan fingerprint density at radius 3 is 2.74 bits per heavy atom. The fourth-order valence-electron chi connectivity index (χ4n) is 3.12. The lowest BCUT2D eigenvalue weighted by Gasteiger charge is -2.13. The van der Waals surface area contributed by atoms with Gasteiger partial charge in [-0.3, -0.25) is 0 Å². The van der Waals surface area contributed by atoms with Gasteiger partial charge in [-0.1, -0.05) is 15.9 Å². The normalized spacial score (nSPS) is 13.3. The van der Waals surface area contributed by atoms with E-state index in [0.29, 0.717) is 17.9 Å². The van der Waals surface area contributed by atoms with E-state index in [1.165, 1.54) is 0 Å². The third-order valence-electron chi connectivity index (χ3n) is 4.29. The van der Waals surface area contributed by atoms with Crippen LogP contribution in [0.15, 0.2) is 21.3 Å². The van der Waals surface area contributed by atoms with Crippen molar-refractivity contribution in [2.24, 2.45) is 0 Å². The number of hydrogen-bond donors (Lipinski definition) is 0. The lowest BCUT2D eigenvalue weighted by Crippen LogP contribution is -2.07. The van der Waals surface area contributed by atoms with Crippen LogP contribution >= 0.6 is 15.9 Å². The zero-order valence-electron chi connectivity index (χ0n) is 13.3. The lowest BCUT2D eigenvalue weighted by atomic mass is 10.1. The van der Waals surface area contributed by atoms with Crippen LogP contribution in [0.5, 0.6) is 11.5 Å². The van der Waals surface area contributed by atoms with Crippen molar-refractivity contribution < 1.29 is 13.9 Å². The first kappa shape index (κ1) is 16.4. The summed E-state index contributed by atoms with van der Waals surface area (Å²) in [4.78, 5) is 12.0. The van der Waals surface area contributed by atoms with Crippen molar-refractivity contribution in [1.82, 2.24) is 0 Å². The van der Waals surface area contributed by atoms with E-state index in [2.05, 4.69) is 15.9 Å². The molecule has 0 amide bonds. The third kappa shape index (κ3) is 3.39. The van der Waals surface area contributed by atoms with Gasteiger partial charge in [0.25, 0.3) is 0 Å². The zero-order chi connectivity index (χ0) is 16.2. The van der Waals surface area contributed by atoms with Crippen LogP contribution in [0.3, 0.4) is 0 Å². The second-order valence-electron chi connectivity index (χ2n) is 5.80. The number of hydrogen-bond acceptors (Lipinski definition) is 4. The number of methoxy groups -OCH3 is 1. The molecular formula is C18H21BrO4. The quantitative estimate of drug-likeness (QED) is 0.409. The molecule has 3 rings (SSSR count). The van der Waals surface area contributed by atoms with Gasteiger partial charge >= 0.3 is 5.63 Å². The lowest BCUT2D eigenvalue weighted by molar-refractivity contribution is 0.286. The Bertz CT molecular complexity index is 751. The Balaban J connectivity index is 1.91. The summed E-state index contributed by atoms with van der Waals surface area (Å²) in [6.45, 7) is 0.661. The monoisotopic (exact) mass is 380 g/mol. The van der Waals surface area contributed by atoms with Crippen LogP contribution < -0.4 is 15.1 Å². The van der Waals surface area contributed by atoms with Gasteiger partial charge in [-0.15, -0.1) is 0 Å². The molecule has 23 heavy (non-hydrogen) atoms. The van der Waals surface area contributed by atoms with Crippen molar-refractivity contribution >= 4 is 26.9 Å². The molecule has 0 saturated carbocycles. The highest BCUT2D eigenvalue weighted by atomic mass is 79.9. The Hall–Kier alpha value is -1.49. The van der Waals surface area contributed by atoms with Gasteiger partial charge in [0.2, 0.25) is 0 Å². The molecule has 0 bridgehead atoms. The van der Waals surface area contributed by atoms with Crippen molar-refractivity contribution in [2.45, 2.75) is 38.5 Å². The number of rotatable bonds is 7. The largest absolute Gasteiger partial charge is 0.493 e. The highest BCUT2D eigenvalue weighted by molar-refractivity contribution is 9.09. The fourth-order valence-corrected chi connectivity index (χ4v) is 3.51. The zero-order valence-corrected chi connectivity index (χ0v) is 14.9. The maximum absolute atomic E-state index is 12.0. The Labute approximate surface area is 143 Å². The van der Waals surface area contributed by atoms with Gasteiger partial charge in [-0.2, -0.15) is 0 Å². The standard InChI is InChI=1S/C18H21BrO4/c1-21-16-11-15-14(10-17(16)22-9-4-2-3-8-19)12-6-5-7-13(12)18(20)23-15/h10-11H,2-9H2,1H3. The topological polar surface area (TPSA) is 48.7 Å². The minimum atomic E-state index is -0.213. The molecule has 2 aromatic rings. The van der Waals surface area contributed by atoms with Crippen molar-refractivity contribution in [3.05, 3.63) is 33.7 Å². The van der Waals surface area contributed by atoms with Gasteiger partial charge in [-0.25, -0.2) is 4.79 Å². The summed E-state index contributed by atoms with van der Waals surface area (Å²) >= 11 is 3.43. The van der Waals surface area contributed by atoms with E-state index in [0.717, 1.165) is 66.1 Å². The summed E-state index contributed by atoms with van der Waals surface area (Å²) in [6.07, 6.45) is 6.03. The fraction of sp³-hybridized carbons (Fsp3) is 0.500. The van der Waals surface area contributed by atoms with Crippen molar-refractivity contribution in [1.29, 1.82) is 0 Å². The van der Waals surface area contributed by atoms with Gasteiger partial charge in [0.15, 0.2) is 11.5 Å². The van der Waals surface area contributed by atoms with Crippen LogP contribution in [0.25, 0.3) is 11.0 Å². The first-order valence-electron chi connectivity index (χ1n) is 8.10. The first-order chi connectivity index (χ1) is 11.2. The number of halogens is 1. The smallest absolute Gasteiger partial charge is 0.339 e. The van der Waals surface area contributed by atoms with Gasteiger partial charge in [0.05, 0.1) is 13.7 Å². The van der Waals surface area contributed by atoms with Gasteiger partial charge in [0.1, 0.15) is 5.58 Å². The van der Waals surface area contributed by atoms with Crippen molar-refractivity contribution in [3.63, 3.8) is 0 Å². The average molecular weight is 381 g/mol. The van der Waals surface area contributed by atoms with Crippen LogP contribution in [0.4, 0.5) is 0 Å². The third-order valence-corrected chi connectivity index (χ3v) is 4.85. The molecule has 0 saturated heterocycles. The molecule has 5 heteroatoms. The summed E-state index contributed by atoms with van der Waals surface area (Å²) in [5.74, 6) is 1.33. The molecule has 1 aromatic carbocycles. The average Bonchev–Trinajstić information content (AvgIpc) is 3.05. The second-order valence-corrected chi connectivity index (χ2v) is 6.59. The Kier molecular flexibility index (Phi) is 5.26. The maximum atomic E-state index is 12.0. The number of aryl methyl sites for hydroxylation is 1. The molecule has 4 nitrogen and oxygen atoms in total. The van der Waals surface area contributed by atoms with Crippen LogP contribution in [-0.4, -0.2) is 19.0 Å². The van der Waals surface area contributed by atoms with E-state index in [1.54, 1.807) is 13.2 Å². The van der Waals surface area contributed by atoms with E-state index in [9.17, 15) is 4.79 Å². The van der Waals surface area contributed by atoms with Gasteiger partial charge in [-0.05, 0) is 50.2 Å². The molecule has 0 radical (unpaired) electrons. The van der Waals surface area contributed by atoms with E-state index in [-0.39, 0.29) is 5.63 Å². The molecular weight excluding hydrogens is 360 g/mol. The van der Waals surface area contributed by atoms with Crippen LogP contribution in [0.1, 0.15) is 36.8 Å². The summed E-state index contributed by atoms with van der Waals surface area (Å²) in [5.41, 5.74) is 2.31. The highest BCUT2D eigenvalue weighted by Gasteiger charge is 2.21. The van der Waals surface area contributed by atoms with E-state index in [4.69, 9.17) is 13.9 Å². The predicted molar refractivity (Wildman–Crippen MR) is 94.2 cm³/mol. The van der Waals surface area contributed by atoms with Crippen molar-refractivity contribution in [2.75, 3.05) is 19.0 Å².